The molecule has 0 heterocycles. The Bertz CT molecular complexity index is 1220. The van der Waals surface area contributed by atoms with Crippen molar-refractivity contribution in [3.05, 3.63) is 134 Å². The topological polar surface area (TPSA) is 69.6 Å². The van der Waals surface area contributed by atoms with Gasteiger partial charge >= 0.3 is 0 Å². The minimum absolute atomic E-state index is 0.0844. The molecule has 2 unspecified atom stereocenters. The van der Waals surface area contributed by atoms with Gasteiger partial charge in [-0.15, -0.1) is 0 Å². The van der Waals surface area contributed by atoms with E-state index in [-0.39, 0.29) is 12.5 Å². The fourth-order valence-corrected chi connectivity index (χ4v) is 6.09. The molecule has 4 heteroatoms. The lowest BCUT2D eigenvalue weighted by Crippen LogP contribution is -2.45. The summed E-state index contributed by atoms with van der Waals surface area (Å²) in [5.41, 5.74) is 0. The molecular formula is C54H87NO3. The van der Waals surface area contributed by atoms with Crippen molar-refractivity contribution in [1.29, 1.82) is 0 Å². The first-order chi connectivity index (χ1) is 28.7. The third kappa shape index (κ3) is 43.6. The Labute approximate surface area is 358 Å². The van der Waals surface area contributed by atoms with Crippen LogP contribution >= 0.6 is 0 Å². The fraction of sp³-hybridized carbons (Fsp3) is 0.574. The van der Waals surface area contributed by atoms with Gasteiger partial charge in [0, 0.05) is 6.42 Å². The Morgan fingerprint density at radius 1 is 0.431 bits per heavy atom. The molecule has 0 saturated heterocycles. The van der Waals surface area contributed by atoms with E-state index in [1.165, 1.54) is 57.8 Å². The van der Waals surface area contributed by atoms with Crippen molar-refractivity contribution in [3.8, 4) is 0 Å². The monoisotopic (exact) mass is 798 g/mol. The molecule has 326 valence electrons. The van der Waals surface area contributed by atoms with E-state index in [0.29, 0.717) is 6.42 Å². The second-order valence-corrected chi connectivity index (χ2v) is 15.1. The summed E-state index contributed by atoms with van der Waals surface area (Å²) in [6, 6.07) is -0.632. The minimum Gasteiger partial charge on any atom is -0.394 e. The number of amides is 1. The van der Waals surface area contributed by atoms with Crippen molar-refractivity contribution in [2.45, 2.75) is 193 Å². The van der Waals surface area contributed by atoms with E-state index < -0.39 is 12.1 Å². The maximum Gasteiger partial charge on any atom is 0.220 e. The Morgan fingerprint density at radius 2 is 0.759 bits per heavy atom. The van der Waals surface area contributed by atoms with Crippen molar-refractivity contribution >= 4 is 5.91 Å². The van der Waals surface area contributed by atoms with Crippen LogP contribution in [-0.4, -0.2) is 34.9 Å². The van der Waals surface area contributed by atoms with Gasteiger partial charge in [0.1, 0.15) is 0 Å². The number of carbonyl (C=O) groups is 1. The van der Waals surface area contributed by atoms with E-state index in [1.54, 1.807) is 6.08 Å². The van der Waals surface area contributed by atoms with Gasteiger partial charge in [-0.3, -0.25) is 4.79 Å². The van der Waals surface area contributed by atoms with E-state index in [1.807, 2.05) is 6.08 Å². The normalized spacial score (nSPS) is 14.2. The molecule has 4 nitrogen and oxygen atoms in total. The molecule has 0 saturated carbocycles. The number of carbonyl (C=O) groups excluding carboxylic acids is 1. The molecule has 0 aromatic carbocycles. The Morgan fingerprint density at radius 3 is 1.14 bits per heavy atom. The summed E-state index contributed by atoms with van der Waals surface area (Å²) in [4.78, 5) is 12.3. The van der Waals surface area contributed by atoms with Gasteiger partial charge in [-0.2, -0.15) is 0 Å². The average Bonchev–Trinajstić information content (AvgIpc) is 3.23. The molecule has 0 aliphatic heterocycles. The molecule has 58 heavy (non-hydrogen) atoms. The van der Waals surface area contributed by atoms with Crippen molar-refractivity contribution in [1.82, 2.24) is 5.32 Å². The number of hydrogen-bond donors (Lipinski definition) is 3. The number of nitrogens with one attached hydrogen (secondary N) is 1. The number of allylic oxidation sites excluding steroid dienone is 21. The van der Waals surface area contributed by atoms with Crippen LogP contribution in [0.25, 0.3) is 0 Å². The van der Waals surface area contributed by atoms with Crippen LogP contribution in [0.15, 0.2) is 134 Å². The van der Waals surface area contributed by atoms with E-state index in [9.17, 15) is 15.0 Å². The van der Waals surface area contributed by atoms with E-state index in [0.717, 1.165) is 103 Å². The maximum absolute atomic E-state index is 12.3. The summed E-state index contributed by atoms with van der Waals surface area (Å²) < 4.78 is 0. The predicted molar refractivity (Wildman–Crippen MR) is 257 cm³/mol. The van der Waals surface area contributed by atoms with Crippen LogP contribution in [-0.2, 0) is 4.79 Å². The Kier molecular flexibility index (Phi) is 45.0. The molecule has 2 atom stereocenters. The van der Waals surface area contributed by atoms with Crippen LogP contribution < -0.4 is 5.32 Å². The lowest BCUT2D eigenvalue weighted by molar-refractivity contribution is -0.123. The van der Waals surface area contributed by atoms with Crippen molar-refractivity contribution in [3.63, 3.8) is 0 Å². The zero-order chi connectivity index (χ0) is 42.1. The SMILES string of the molecule is CC/C=C\C/C=C\C/C=C\C/C=C\C/C=C\C/C=C\C/C=C\C/C=C\C/C=C\C/C=C\CCCCCCCCCCC(=O)NC(CO)C(O)/C=C/CCCCCCC. The van der Waals surface area contributed by atoms with Gasteiger partial charge in [-0.05, 0) is 96.3 Å². The van der Waals surface area contributed by atoms with Crippen molar-refractivity contribution in [2.24, 2.45) is 0 Å². The van der Waals surface area contributed by atoms with Crippen LogP contribution in [0, 0.1) is 0 Å². The largest absolute Gasteiger partial charge is 0.394 e. The second-order valence-electron chi connectivity index (χ2n) is 15.1. The highest BCUT2D eigenvalue weighted by molar-refractivity contribution is 5.76. The maximum atomic E-state index is 12.3. The van der Waals surface area contributed by atoms with Crippen molar-refractivity contribution in [2.75, 3.05) is 6.61 Å². The quantitative estimate of drug-likeness (QED) is 0.0427. The molecule has 0 radical (unpaired) electrons. The lowest BCUT2D eigenvalue weighted by atomic mass is 10.1. The Balaban J connectivity index is 3.64. The first kappa shape index (κ1) is 54.5. The van der Waals surface area contributed by atoms with Crippen LogP contribution in [0.5, 0.6) is 0 Å². The van der Waals surface area contributed by atoms with Gasteiger partial charge in [0.2, 0.25) is 5.91 Å². The lowest BCUT2D eigenvalue weighted by Gasteiger charge is -2.20. The molecule has 0 aromatic heterocycles. The van der Waals surface area contributed by atoms with Gasteiger partial charge in [0.15, 0.2) is 0 Å². The molecule has 0 aliphatic carbocycles. The number of aliphatic hydroxyl groups is 2. The molecule has 0 aliphatic rings. The number of hydrogen-bond acceptors (Lipinski definition) is 3. The van der Waals surface area contributed by atoms with Gasteiger partial charge in [0.05, 0.1) is 18.8 Å². The van der Waals surface area contributed by atoms with Crippen LogP contribution in [0.1, 0.15) is 181 Å². The van der Waals surface area contributed by atoms with Gasteiger partial charge in [-0.25, -0.2) is 0 Å². The van der Waals surface area contributed by atoms with Crippen LogP contribution in [0.4, 0.5) is 0 Å². The first-order valence-corrected chi connectivity index (χ1v) is 23.4. The molecule has 0 fully saturated rings. The summed E-state index contributed by atoms with van der Waals surface area (Å²) >= 11 is 0. The smallest absolute Gasteiger partial charge is 0.220 e. The summed E-state index contributed by atoms with van der Waals surface area (Å²) in [5.74, 6) is -0.0844. The predicted octanol–water partition coefficient (Wildman–Crippen LogP) is 15.1. The standard InChI is InChI=1S/C54H87NO3/c1-3-5-7-9-11-12-13-14-15-16-17-18-19-20-21-22-23-24-25-26-27-28-29-30-31-32-33-34-35-36-37-38-39-40-41-42-44-46-48-50-54(58)55-52(51-56)53(57)49-47-45-43-10-8-6-4-2/h5,7,11-12,14-15,17-18,20-21,23-24,26-27,29-30,32-33,35-36,47,49,52-53,56-57H,3-4,6,8-10,13,16,19,22,25,28,31,34,37-46,48,50-51H2,1-2H3,(H,55,58)/b7-5-,12-11-,15-14-,18-17-,21-20-,24-23-,27-26-,30-29-,33-32-,36-35-,49-47+. The number of unbranched alkanes of at least 4 members (excludes halogenated alkanes) is 13. The molecule has 0 rings (SSSR count). The molecular weight excluding hydrogens is 711 g/mol. The number of rotatable bonds is 40. The van der Waals surface area contributed by atoms with E-state index >= 15 is 0 Å². The fourth-order valence-electron chi connectivity index (χ4n) is 6.09. The molecule has 1 amide bonds. The summed E-state index contributed by atoms with van der Waals surface area (Å²) in [6.07, 6.45) is 75.9. The van der Waals surface area contributed by atoms with Gasteiger partial charge < -0.3 is 15.5 Å². The average molecular weight is 798 g/mol. The van der Waals surface area contributed by atoms with Crippen molar-refractivity contribution < 1.29 is 15.0 Å². The van der Waals surface area contributed by atoms with Gasteiger partial charge in [-0.1, -0.05) is 212 Å². The molecule has 0 aromatic rings. The number of aliphatic hydroxyl groups excluding tert-OH is 2. The third-order valence-corrected chi connectivity index (χ3v) is 9.64. The first-order valence-electron chi connectivity index (χ1n) is 23.4. The minimum atomic E-state index is -0.847. The van der Waals surface area contributed by atoms with Gasteiger partial charge in [0.25, 0.3) is 0 Å². The zero-order valence-electron chi connectivity index (χ0n) is 37.3. The summed E-state index contributed by atoms with van der Waals surface area (Å²) in [7, 11) is 0. The summed E-state index contributed by atoms with van der Waals surface area (Å²) in [6.45, 7) is 4.11. The zero-order valence-corrected chi connectivity index (χ0v) is 37.3. The third-order valence-electron chi connectivity index (χ3n) is 9.64. The highest BCUT2D eigenvalue weighted by Crippen LogP contribution is 2.12. The van der Waals surface area contributed by atoms with E-state index in [4.69, 9.17) is 0 Å². The molecule has 3 N–H and O–H groups in total. The highest BCUT2D eigenvalue weighted by Gasteiger charge is 2.17. The second kappa shape index (κ2) is 47.9. The molecule has 0 spiro atoms. The summed E-state index contributed by atoms with van der Waals surface area (Å²) in [5, 5.41) is 22.8. The van der Waals surface area contributed by atoms with E-state index in [2.05, 4.69) is 141 Å². The van der Waals surface area contributed by atoms with Crippen LogP contribution in [0.3, 0.4) is 0 Å². The molecule has 0 bridgehead atoms. The Hall–Kier alpha value is -3.47. The highest BCUT2D eigenvalue weighted by atomic mass is 16.3. The van der Waals surface area contributed by atoms with Crippen LogP contribution in [0.2, 0.25) is 0 Å².